The first-order valence-corrected chi connectivity index (χ1v) is 18.6. The minimum atomic E-state index is -1.38. The lowest BCUT2D eigenvalue weighted by molar-refractivity contribution is -0.142. The van der Waals surface area contributed by atoms with E-state index in [0.717, 1.165) is 0 Å². The van der Waals surface area contributed by atoms with Crippen LogP contribution in [-0.2, 0) is 40.0 Å². The number of nitrogens with zero attached hydrogens (tertiary/aromatic N) is 1. The molecule has 17 N–H and O–H groups in total. The summed E-state index contributed by atoms with van der Waals surface area (Å²) in [4.78, 5) is 94.8. The molecule has 20 heteroatoms. The van der Waals surface area contributed by atoms with E-state index in [4.69, 9.17) is 28.7 Å². The maximum absolute atomic E-state index is 13.9. The molecule has 0 heterocycles. The first-order valence-electron chi connectivity index (χ1n) is 18.6. The third-order valence-electron chi connectivity index (χ3n) is 8.49. The van der Waals surface area contributed by atoms with Gasteiger partial charge in [0.2, 0.25) is 35.4 Å². The van der Waals surface area contributed by atoms with E-state index in [0.29, 0.717) is 24.9 Å². The van der Waals surface area contributed by atoms with Gasteiger partial charge in [-0.2, -0.15) is 0 Å². The smallest absolute Gasteiger partial charge is 0.326 e. The Morgan fingerprint density at radius 2 is 1.21 bits per heavy atom. The molecule has 6 amide bonds. The molecule has 0 saturated heterocycles. The van der Waals surface area contributed by atoms with Crippen LogP contribution in [0, 0.1) is 11.8 Å². The number of carbonyl (C=O) groups is 7. The SMILES string of the molecule is CC(C)CC(NC(=O)C(NC(=O)C(N)CC(N)=O)C(C)C)C(=O)NC(CCCN=C(N)N)C(=O)NC(CCCCN)C(=O)NC(Cc1ccc(O)cc1)C(=O)O. The van der Waals surface area contributed by atoms with Gasteiger partial charge in [0.25, 0.3) is 0 Å². The van der Waals surface area contributed by atoms with Crippen LogP contribution >= 0.6 is 0 Å². The summed E-state index contributed by atoms with van der Waals surface area (Å²) in [5, 5.41) is 32.4. The molecular formula is C36H61N11O9. The highest BCUT2D eigenvalue weighted by Crippen LogP contribution is 2.13. The van der Waals surface area contributed by atoms with Crippen LogP contribution in [0.2, 0.25) is 0 Å². The summed E-state index contributed by atoms with van der Waals surface area (Å²) in [7, 11) is 0. The number of phenolic OH excluding ortho intramolecular Hbond substituents is 1. The number of hydrogen-bond donors (Lipinski definition) is 12. The van der Waals surface area contributed by atoms with Crippen molar-refractivity contribution >= 4 is 47.4 Å². The Kier molecular flexibility index (Phi) is 21.5. The molecule has 56 heavy (non-hydrogen) atoms. The Hall–Kier alpha value is -5.50. The molecule has 0 fully saturated rings. The van der Waals surface area contributed by atoms with Crippen molar-refractivity contribution in [3.05, 3.63) is 29.8 Å². The van der Waals surface area contributed by atoms with Gasteiger partial charge in [0.1, 0.15) is 36.0 Å². The number of nitrogens with one attached hydrogen (secondary N) is 5. The summed E-state index contributed by atoms with van der Waals surface area (Å²) < 4.78 is 0. The molecule has 0 spiro atoms. The lowest BCUT2D eigenvalue weighted by atomic mass is 9.99. The third kappa shape index (κ3) is 18.7. The summed E-state index contributed by atoms with van der Waals surface area (Å²) in [5.74, 6) is -6.73. The average Bonchev–Trinajstić information content (AvgIpc) is 3.10. The zero-order valence-corrected chi connectivity index (χ0v) is 32.6. The average molecular weight is 792 g/mol. The number of primary amides is 1. The number of aromatic hydroxyl groups is 1. The molecule has 0 aromatic heterocycles. The van der Waals surface area contributed by atoms with Crippen molar-refractivity contribution in [3.63, 3.8) is 0 Å². The van der Waals surface area contributed by atoms with Crippen LogP contribution in [0.15, 0.2) is 29.3 Å². The third-order valence-corrected chi connectivity index (χ3v) is 8.49. The molecular weight excluding hydrogens is 730 g/mol. The van der Waals surface area contributed by atoms with Gasteiger partial charge in [-0.3, -0.25) is 33.8 Å². The number of hydrogen-bond acceptors (Lipinski definition) is 11. The molecule has 20 nitrogen and oxygen atoms in total. The highest BCUT2D eigenvalue weighted by Gasteiger charge is 2.34. The fourth-order valence-corrected chi connectivity index (χ4v) is 5.49. The zero-order chi connectivity index (χ0) is 42.5. The second-order valence-corrected chi connectivity index (χ2v) is 14.3. The van der Waals surface area contributed by atoms with Crippen molar-refractivity contribution in [2.24, 2.45) is 45.5 Å². The number of benzene rings is 1. The van der Waals surface area contributed by atoms with E-state index in [1.807, 2.05) is 13.8 Å². The van der Waals surface area contributed by atoms with E-state index in [9.17, 15) is 43.8 Å². The van der Waals surface area contributed by atoms with E-state index < -0.39 is 90.0 Å². The molecule has 0 radical (unpaired) electrons. The van der Waals surface area contributed by atoms with Gasteiger partial charge in [0.05, 0.1) is 12.5 Å². The van der Waals surface area contributed by atoms with Gasteiger partial charge in [-0.1, -0.05) is 39.8 Å². The van der Waals surface area contributed by atoms with Crippen molar-refractivity contribution in [2.75, 3.05) is 13.1 Å². The summed E-state index contributed by atoms with van der Waals surface area (Å²) >= 11 is 0. The maximum Gasteiger partial charge on any atom is 0.326 e. The number of unbranched alkanes of at least 4 members (excludes halogenated alkanes) is 1. The molecule has 0 aliphatic heterocycles. The lowest BCUT2D eigenvalue weighted by Crippen LogP contribution is -2.60. The number of amides is 6. The molecule has 0 aliphatic rings. The van der Waals surface area contributed by atoms with Gasteiger partial charge in [-0.15, -0.1) is 0 Å². The second-order valence-electron chi connectivity index (χ2n) is 14.3. The number of rotatable bonds is 26. The summed E-state index contributed by atoms with van der Waals surface area (Å²) in [6.45, 7) is 7.34. The highest BCUT2D eigenvalue weighted by molar-refractivity contribution is 5.97. The molecule has 0 saturated carbocycles. The quantitative estimate of drug-likeness (QED) is 0.0263. The number of carboxylic acids is 1. The number of aliphatic carboxylic acids is 1. The van der Waals surface area contributed by atoms with Crippen LogP contribution in [0.5, 0.6) is 5.75 Å². The van der Waals surface area contributed by atoms with Crippen LogP contribution < -0.4 is 55.3 Å². The van der Waals surface area contributed by atoms with E-state index in [1.165, 1.54) is 24.3 Å². The summed E-state index contributed by atoms with van der Waals surface area (Å²) in [5.41, 5.74) is 28.0. The standard InChI is InChI=1S/C36H61N11O9/c1-19(2)16-26(45-34(54)29(20(3)4)47-30(50)23(38)18-28(39)49)33(53)44-25(9-7-15-42-36(40)41)31(51)43-24(8-5-6-14-37)32(52)46-27(35(55)56)17-21-10-12-22(48)13-11-21/h10-13,19-20,23-27,29,48H,5-9,14-18,37-38H2,1-4H3,(H2,39,49)(H,43,51)(H,44,53)(H,45,54)(H,46,52)(H,47,50)(H,55,56)(H4,40,41,42). The molecule has 1 aromatic carbocycles. The van der Waals surface area contributed by atoms with Crippen molar-refractivity contribution in [1.82, 2.24) is 26.6 Å². The van der Waals surface area contributed by atoms with Gasteiger partial charge < -0.3 is 65.5 Å². The number of nitrogens with two attached hydrogens (primary N) is 5. The molecule has 1 aromatic rings. The number of phenols is 1. The van der Waals surface area contributed by atoms with E-state index in [1.54, 1.807) is 13.8 Å². The van der Waals surface area contributed by atoms with Gasteiger partial charge >= 0.3 is 5.97 Å². The van der Waals surface area contributed by atoms with Crippen LogP contribution in [0.4, 0.5) is 0 Å². The maximum atomic E-state index is 13.9. The molecule has 0 bridgehead atoms. The monoisotopic (exact) mass is 791 g/mol. The number of aliphatic imine (C=N–C) groups is 1. The van der Waals surface area contributed by atoms with Gasteiger partial charge in [0.15, 0.2) is 5.96 Å². The first kappa shape index (κ1) is 48.5. The highest BCUT2D eigenvalue weighted by atomic mass is 16.4. The molecule has 6 unspecified atom stereocenters. The first-order chi connectivity index (χ1) is 26.2. The van der Waals surface area contributed by atoms with E-state index in [2.05, 4.69) is 31.6 Å². The topological polar surface area (TPSA) is 363 Å². The fourth-order valence-electron chi connectivity index (χ4n) is 5.49. The zero-order valence-electron chi connectivity index (χ0n) is 32.6. The molecule has 1 rings (SSSR count). The normalized spacial score (nSPS) is 14.3. The molecule has 6 atom stereocenters. The number of carboxylic acid groups (broad SMARTS) is 1. The Bertz CT molecular complexity index is 1500. The Morgan fingerprint density at radius 3 is 1.70 bits per heavy atom. The fraction of sp³-hybridized carbons (Fsp3) is 0.611. The van der Waals surface area contributed by atoms with Crippen LogP contribution in [-0.4, -0.2) is 107 Å². The summed E-state index contributed by atoms with van der Waals surface area (Å²) in [6.07, 6.45) is 0.762. The summed E-state index contributed by atoms with van der Waals surface area (Å²) in [6, 6.07) is -1.71. The van der Waals surface area contributed by atoms with Crippen LogP contribution in [0.25, 0.3) is 0 Å². The van der Waals surface area contributed by atoms with Crippen molar-refractivity contribution in [2.45, 2.75) is 115 Å². The molecule has 0 aliphatic carbocycles. The van der Waals surface area contributed by atoms with Crippen molar-refractivity contribution in [3.8, 4) is 5.75 Å². The Labute approximate surface area is 326 Å². The van der Waals surface area contributed by atoms with Gasteiger partial charge in [-0.05, 0) is 74.6 Å². The molecule has 314 valence electrons. The minimum absolute atomic E-state index is 0.00509. The van der Waals surface area contributed by atoms with Crippen LogP contribution in [0.3, 0.4) is 0 Å². The Morgan fingerprint density at radius 1 is 0.696 bits per heavy atom. The van der Waals surface area contributed by atoms with Gasteiger partial charge in [-0.25, -0.2) is 4.79 Å². The van der Waals surface area contributed by atoms with E-state index in [-0.39, 0.29) is 56.3 Å². The second kappa shape index (κ2) is 24.8. The predicted octanol–water partition coefficient (Wildman–Crippen LogP) is -2.47. The van der Waals surface area contributed by atoms with Crippen molar-refractivity contribution < 1.29 is 43.8 Å². The largest absolute Gasteiger partial charge is 0.508 e. The predicted molar refractivity (Wildman–Crippen MR) is 208 cm³/mol. The Balaban J connectivity index is 3.34. The minimum Gasteiger partial charge on any atom is -0.508 e. The number of guanidine groups is 1. The van der Waals surface area contributed by atoms with E-state index >= 15 is 0 Å². The van der Waals surface area contributed by atoms with Crippen LogP contribution in [0.1, 0.15) is 78.2 Å². The van der Waals surface area contributed by atoms with Crippen molar-refractivity contribution in [1.29, 1.82) is 0 Å². The van der Waals surface area contributed by atoms with Gasteiger partial charge in [0, 0.05) is 13.0 Å². The number of carbonyl (C=O) groups excluding carboxylic acids is 6. The lowest BCUT2D eigenvalue weighted by Gasteiger charge is -2.28.